The second kappa shape index (κ2) is 6.04. The topological polar surface area (TPSA) is 55.8 Å². The van der Waals surface area contributed by atoms with Gasteiger partial charge in [-0.3, -0.25) is 4.79 Å². The van der Waals surface area contributed by atoms with Gasteiger partial charge in [0, 0.05) is 12.3 Å². The molecule has 0 saturated carbocycles. The zero-order valence-corrected chi connectivity index (χ0v) is 12.2. The Balaban J connectivity index is 2.08. The van der Waals surface area contributed by atoms with E-state index in [1.54, 1.807) is 0 Å². The highest BCUT2D eigenvalue weighted by molar-refractivity contribution is 5.76. The molecule has 1 aromatic carbocycles. The number of carbonyl (C=O) groups is 1. The van der Waals surface area contributed by atoms with Crippen molar-refractivity contribution in [2.45, 2.75) is 51.8 Å². The minimum atomic E-state index is -0.889. The Labute approximate surface area is 119 Å². The van der Waals surface area contributed by atoms with Crippen LogP contribution in [-0.2, 0) is 20.9 Å². The summed E-state index contributed by atoms with van der Waals surface area (Å²) in [6, 6.07) is 9.83. The molecule has 0 spiro atoms. The van der Waals surface area contributed by atoms with Gasteiger partial charge in [0.1, 0.15) is 11.4 Å². The molecule has 1 aliphatic rings. The zero-order valence-electron chi connectivity index (χ0n) is 12.2. The first-order valence-electron chi connectivity index (χ1n) is 6.93. The van der Waals surface area contributed by atoms with Crippen LogP contribution in [0.15, 0.2) is 30.3 Å². The van der Waals surface area contributed by atoms with Crippen molar-refractivity contribution >= 4 is 5.78 Å². The minimum Gasteiger partial charge on any atom is -0.370 e. The van der Waals surface area contributed by atoms with Gasteiger partial charge in [-0.2, -0.15) is 0 Å². The van der Waals surface area contributed by atoms with Gasteiger partial charge in [-0.05, 0) is 19.4 Å². The number of hydrogen-bond donors (Lipinski definition) is 1. The molecule has 1 aliphatic heterocycles. The molecule has 4 heteroatoms. The highest BCUT2D eigenvalue weighted by Gasteiger charge is 2.51. The van der Waals surface area contributed by atoms with E-state index in [2.05, 4.69) is 0 Å². The van der Waals surface area contributed by atoms with E-state index in [9.17, 15) is 9.90 Å². The Bertz CT molecular complexity index is 459. The number of rotatable bonds is 5. The molecule has 2 rings (SSSR count). The summed E-state index contributed by atoms with van der Waals surface area (Å²) in [5.41, 5.74) is 0.297. The summed E-state index contributed by atoms with van der Waals surface area (Å²) in [5, 5.41) is 9.90. The van der Waals surface area contributed by atoms with Crippen LogP contribution in [0.25, 0.3) is 0 Å². The molecule has 1 N–H and O–H groups in total. The molecular weight excluding hydrogens is 256 g/mol. The van der Waals surface area contributed by atoms with Gasteiger partial charge in [0.25, 0.3) is 0 Å². The second-order valence-corrected chi connectivity index (χ2v) is 5.78. The van der Waals surface area contributed by atoms with Gasteiger partial charge < -0.3 is 14.6 Å². The standard InChI is InChI=1S/C16H22O4/c1-11(17)9-16(3)14(12(2)15(18)20-16)19-10-13-7-5-4-6-8-13/h4-8,12,14-15,18H,9-10H2,1-3H3/t12-,14-,15?,16+/m0/s1. The van der Waals surface area contributed by atoms with Crippen molar-refractivity contribution in [3.05, 3.63) is 35.9 Å². The lowest BCUT2D eigenvalue weighted by Crippen LogP contribution is -2.41. The fraction of sp³-hybridized carbons (Fsp3) is 0.562. The van der Waals surface area contributed by atoms with Crippen LogP contribution < -0.4 is 0 Å². The highest BCUT2D eigenvalue weighted by atomic mass is 16.6. The van der Waals surface area contributed by atoms with Crippen molar-refractivity contribution in [3.8, 4) is 0 Å². The van der Waals surface area contributed by atoms with Crippen LogP contribution in [0.1, 0.15) is 32.8 Å². The van der Waals surface area contributed by atoms with Gasteiger partial charge in [-0.1, -0.05) is 37.3 Å². The molecule has 4 nitrogen and oxygen atoms in total. The van der Waals surface area contributed by atoms with Crippen molar-refractivity contribution in [2.24, 2.45) is 5.92 Å². The van der Waals surface area contributed by atoms with Crippen LogP contribution >= 0.6 is 0 Å². The van der Waals surface area contributed by atoms with E-state index in [4.69, 9.17) is 9.47 Å². The number of benzene rings is 1. The molecule has 1 aromatic rings. The van der Waals surface area contributed by atoms with E-state index in [-0.39, 0.29) is 24.2 Å². The van der Waals surface area contributed by atoms with Crippen LogP contribution in [-0.4, -0.2) is 28.9 Å². The molecule has 0 amide bonds. The lowest BCUT2D eigenvalue weighted by Gasteiger charge is -2.30. The Hall–Kier alpha value is -1.23. The van der Waals surface area contributed by atoms with Crippen molar-refractivity contribution in [1.29, 1.82) is 0 Å². The molecule has 1 unspecified atom stereocenters. The summed E-state index contributed by atoms with van der Waals surface area (Å²) in [5.74, 6) is -0.134. The Morgan fingerprint density at radius 1 is 1.40 bits per heavy atom. The Morgan fingerprint density at radius 3 is 2.65 bits per heavy atom. The molecule has 1 saturated heterocycles. The Kier molecular flexibility index (Phi) is 4.58. The third kappa shape index (κ3) is 3.26. The number of hydrogen-bond acceptors (Lipinski definition) is 4. The van der Waals surface area contributed by atoms with Gasteiger partial charge in [0.05, 0.1) is 12.7 Å². The largest absolute Gasteiger partial charge is 0.370 e. The molecule has 0 radical (unpaired) electrons. The van der Waals surface area contributed by atoms with Gasteiger partial charge in [0.2, 0.25) is 0 Å². The van der Waals surface area contributed by atoms with Gasteiger partial charge in [0.15, 0.2) is 6.29 Å². The molecule has 1 fully saturated rings. The SMILES string of the molecule is CC(=O)C[C@@]1(C)OC(O)[C@@H](C)[C@@H]1OCc1ccccc1. The van der Waals surface area contributed by atoms with Crippen molar-refractivity contribution in [2.75, 3.05) is 0 Å². The summed E-state index contributed by atoms with van der Waals surface area (Å²) in [4.78, 5) is 11.4. The molecule has 0 aliphatic carbocycles. The third-order valence-electron chi connectivity index (χ3n) is 3.79. The van der Waals surface area contributed by atoms with Crippen molar-refractivity contribution in [3.63, 3.8) is 0 Å². The normalized spacial score (nSPS) is 33.3. The number of aliphatic hydroxyl groups excluding tert-OH is 1. The summed E-state index contributed by atoms with van der Waals surface area (Å²) in [6.45, 7) is 5.68. The van der Waals surface area contributed by atoms with E-state index >= 15 is 0 Å². The van der Waals surface area contributed by atoms with Crippen LogP contribution in [0.5, 0.6) is 0 Å². The van der Waals surface area contributed by atoms with Gasteiger partial charge >= 0.3 is 0 Å². The highest BCUT2D eigenvalue weighted by Crippen LogP contribution is 2.39. The maximum atomic E-state index is 11.4. The third-order valence-corrected chi connectivity index (χ3v) is 3.79. The lowest BCUT2D eigenvalue weighted by molar-refractivity contribution is -0.159. The number of aliphatic hydroxyl groups is 1. The Morgan fingerprint density at radius 2 is 2.05 bits per heavy atom. The van der Waals surface area contributed by atoms with Crippen LogP contribution in [0, 0.1) is 5.92 Å². The molecule has 20 heavy (non-hydrogen) atoms. The first kappa shape index (κ1) is 15.2. The van der Waals surface area contributed by atoms with E-state index in [0.717, 1.165) is 5.56 Å². The van der Waals surface area contributed by atoms with E-state index in [1.165, 1.54) is 6.92 Å². The first-order valence-corrected chi connectivity index (χ1v) is 6.93. The fourth-order valence-corrected chi connectivity index (χ4v) is 2.88. The van der Waals surface area contributed by atoms with E-state index in [1.807, 2.05) is 44.2 Å². The summed E-state index contributed by atoms with van der Waals surface area (Å²) >= 11 is 0. The number of ether oxygens (including phenoxy) is 2. The van der Waals surface area contributed by atoms with Crippen molar-refractivity contribution in [1.82, 2.24) is 0 Å². The summed E-state index contributed by atoms with van der Waals surface area (Å²) < 4.78 is 11.5. The molecule has 1 heterocycles. The monoisotopic (exact) mass is 278 g/mol. The maximum absolute atomic E-state index is 11.4. The van der Waals surface area contributed by atoms with E-state index < -0.39 is 11.9 Å². The van der Waals surface area contributed by atoms with Gasteiger partial charge in [-0.25, -0.2) is 0 Å². The van der Waals surface area contributed by atoms with Crippen LogP contribution in [0.4, 0.5) is 0 Å². The predicted octanol–water partition coefficient (Wildman–Crippen LogP) is 2.29. The van der Waals surface area contributed by atoms with Crippen molar-refractivity contribution < 1.29 is 19.4 Å². The average molecular weight is 278 g/mol. The van der Waals surface area contributed by atoms with Crippen LogP contribution in [0.2, 0.25) is 0 Å². The zero-order chi connectivity index (χ0) is 14.8. The van der Waals surface area contributed by atoms with Crippen LogP contribution in [0.3, 0.4) is 0 Å². The molecule has 0 aromatic heterocycles. The lowest BCUT2D eigenvalue weighted by atomic mass is 9.88. The summed E-state index contributed by atoms with van der Waals surface area (Å²) in [7, 11) is 0. The quantitative estimate of drug-likeness (QED) is 0.898. The average Bonchev–Trinajstić information content (AvgIpc) is 2.58. The predicted molar refractivity (Wildman–Crippen MR) is 75.0 cm³/mol. The first-order chi connectivity index (χ1) is 9.42. The maximum Gasteiger partial charge on any atom is 0.160 e. The molecule has 110 valence electrons. The number of carbonyl (C=O) groups excluding carboxylic acids is 1. The molecule has 4 atom stereocenters. The number of ketones is 1. The fourth-order valence-electron chi connectivity index (χ4n) is 2.88. The second-order valence-electron chi connectivity index (χ2n) is 5.78. The van der Waals surface area contributed by atoms with Gasteiger partial charge in [-0.15, -0.1) is 0 Å². The molecular formula is C16H22O4. The number of Topliss-reactive ketones (excluding diaryl/α,β-unsaturated/α-hetero) is 1. The molecule has 0 bridgehead atoms. The summed E-state index contributed by atoms with van der Waals surface area (Å²) in [6.07, 6.45) is -0.949. The smallest absolute Gasteiger partial charge is 0.160 e. The minimum absolute atomic E-state index is 0.0297. The van der Waals surface area contributed by atoms with E-state index in [0.29, 0.717) is 6.61 Å².